The van der Waals surface area contributed by atoms with Crippen molar-refractivity contribution in [3.05, 3.63) is 12.4 Å². The van der Waals surface area contributed by atoms with Gasteiger partial charge in [0.1, 0.15) is 12.1 Å². The van der Waals surface area contributed by atoms with Gasteiger partial charge in [0.05, 0.1) is 6.61 Å². The molecular weight excluding hydrogens is 228 g/mol. The van der Waals surface area contributed by atoms with Crippen molar-refractivity contribution in [1.82, 2.24) is 9.97 Å². The summed E-state index contributed by atoms with van der Waals surface area (Å²) >= 11 is 0. The number of anilines is 1. The van der Waals surface area contributed by atoms with Gasteiger partial charge < -0.3 is 15.4 Å². The first-order chi connectivity index (χ1) is 8.76. The molecule has 0 bridgehead atoms. The lowest BCUT2D eigenvalue weighted by molar-refractivity contribution is 0.326. The fourth-order valence-electron chi connectivity index (χ4n) is 2.07. The van der Waals surface area contributed by atoms with Crippen LogP contribution in [0.1, 0.15) is 33.6 Å². The van der Waals surface area contributed by atoms with Gasteiger partial charge in [-0.2, -0.15) is 0 Å². The molecule has 0 unspecified atom stereocenters. The van der Waals surface area contributed by atoms with E-state index in [4.69, 9.17) is 10.5 Å². The van der Waals surface area contributed by atoms with Crippen LogP contribution >= 0.6 is 0 Å². The van der Waals surface area contributed by atoms with Crippen LogP contribution in [0.4, 0.5) is 5.82 Å². The summed E-state index contributed by atoms with van der Waals surface area (Å²) in [7, 11) is 0. The van der Waals surface area contributed by atoms with E-state index in [1.54, 1.807) is 6.33 Å². The molecule has 0 saturated heterocycles. The Morgan fingerprint density at radius 1 is 1.28 bits per heavy atom. The largest absolute Gasteiger partial charge is 0.478 e. The summed E-state index contributed by atoms with van der Waals surface area (Å²) in [6.07, 6.45) is 3.70. The fraction of sp³-hybridized carbons (Fsp3) is 0.692. The summed E-state index contributed by atoms with van der Waals surface area (Å²) in [5, 5.41) is 0. The summed E-state index contributed by atoms with van der Waals surface area (Å²) in [4.78, 5) is 10.7. The van der Waals surface area contributed by atoms with E-state index < -0.39 is 0 Å². The van der Waals surface area contributed by atoms with Crippen molar-refractivity contribution in [1.29, 1.82) is 0 Å². The fourth-order valence-corrected chi connectivity index (χ4v) is 2.07. The molecule has 1 heterocycles. The molecule has 2 N–H and O–H groups in total. The predicted octanol–water partition coefficient (Wildman–Crippen LogP) is 1.83. The molecule has 0 atom stereocenters. The van der Waals surface area contributed by atoms with Crippen LogP contribution in [0.15, 0.2) is 12.4 Å². The van der Waals surface area contributed by atoms with Crippen LogP contribution in [0.5, 0.6) is 5.88 Å². The maximum Gasteiger partial charge on any atom is 0.218 e. The Morgan fingerprint density at radius 2 is 2.00 bits per heavy atom. The van der Waals surface area contributed by atoms with Crippen molar-refractivity contribution >= 4 is 5.82 Å². The third-order valence-electron chi connectivity index (χ3n) is 2.97. The van der Waals surface area contributed by atoms with Gasteiger partial charge in [0, 0.05) is 25.2 Å². The summed E-state index contributed by atoms with van der Waals surface area (Å²) in [5.74, 6) is 1.52. The monoisotopic (exact) mass is 252 g/mol. The van der Waals surface area contributed by atoms with Crippen molar-refractivity contribution < 1.29 is 4.74 Å². The van der Waals surface area contributed by atoms with E-state index in [0.29, 0.717) is 25.1 Å². The molecule has 0 amide bonds. The molecule has 1 rings (SSSR count). The molecule has 0 aliphatic carbocycles. The predicted molar refractivity (Wildman–Crippen MR) is 74.0 cm³/mol. The van der Waals surface area contributed by atoms with Gasteiger partial charge >= 0.3 is 0 Å². The Balaban J connectivity index is 2.93. The van der Waals surface area contributed by atoms with Gasteiger partial charge in [-0.15, -0.1) is 0 Å². The van der Waals surface area contributed by atoms with E-state index >= 15 is 0 Å². The first-order valence-electron chi connectivity index (χ1n) is 6.68. The third-order valence-corrected chi connectivity index (χ3v) is 2.97. The van der Waals surface area contributed by atoms with Gasteiger partial charge in [0.15, 0.2) is 0 Å². The SMILES string of the molecule is CCOc1cc(N(CCN)C(CC)CC)ncn1. The number of hydrogen-bond donors (Lipinski definition) is 1. The third kappa shape index (κ3) is 3.84. The Morgan fingerprint density at radius 3 is 2.56 bits per heavy atom. The molecule has 5 nitrogen and oxygen atoms in total. The Bertz CT molecular complexity index is 342. The zero-order chi connectivity index (χ0) is 13.4. The van der Waals surface area contributed by atoms with E-state index in [-0.39, 0.29) is 0 Å². The Hall–Kier alpha value is -1.36. The zero-order valence-electron chi connectivity index (χ0n) is 11.6. The number of ether oxygens (including phenoxy) is 1. The second kappa shape index (κ2) is 7.87. The maximum absolute atomic E-state index is 5.69. The lowest BCUT2D eigenvalue weighted by Crippen LogP contribution is -2.38. The number of nitrogens with zero attached hydrogens (tertiary/aromatic N) is 3. The molecule has 0 aliphatic rings. The molecule has 0 spiro atoms. The molecule has 0 aromatic carbocycles. The smallest absolute Gasteiger partial charge is 0.218 e. The normalized spacial score (nSPS) is 10.7. The van der Waals surface area contributed by atoms with Crippen LogP contribution < -0.4 is 15.4 Å². The molecule has 0 radical (unpaired) electrons. The molecule has 0 aliphatic heterocycles. The molecule has 1 aromatic rings. The molecule has 102 valence electrons. The minimum atomic E-state index is 0.456. The molecule has 5 heteroatoms. The average Bonchev–Trinajstić information content (AvgIpc) is 2.40. The highest BCUT2D eigenvalue weighted by molar-refractivity contribution is 5.42. The van der Waals surface area contributed by atoms with Gasteiger partial charge in [-0.05, 0) is 19.8 Å². The molecule has 0 saturated carbocycles. The number of rotatable bonds is 8. The number of hydrogen-bond acceptors (Lipinski definition) is 5. The minimum absolute atomic E-state index is 0.456. The van der Waals surface area contributed by atoms with E-state index in [2.05, 4.69) is 28.7 Å². The van der Waals surface area contributed by atoms with Crippen LogP contribution in [0.25, 0.3) is 0 Å². The van der Waals surface area contributed by atoms with Crippen molar-refractivity contribution in [2.24, 2.45) is 5.73 Å². The highest BCUT2D eigenvalue weighted by atomic mass is 16.5. The topological polar surface area (TPSA) is 64.3 Å². The van der Waals surface area contributed by atoms with Crippen molar-refractivity contribution in [3.8, 4) is 5.88 Å². The van der Waals surface area contributed by atoms with Gasteiger partial charge in [-0.1, -0.05) is 13.8 Å². The van der Waals surface area contributed by atoms with Crippen molar-refractivity contribution in [3.63, 3.8) is 0 Å². The highest BCUT2D eigenvalue weighted by Crippen LogP contribution is 2.20. The van der Waals surface area contributed by atoms with Crippen LogP contribution in [0.3, 0.4) is 0 Å². The first-order valence-corrected chi connectivity index (χ1v) is 6.68. The lowest BCUT2D eigenvalue weighted by atomic mass is 10.1. The quantitative estimate of drug-likeness (QED) is 0.764. The van der Waals surface area contributed by atoms with Gasteiger partial charge in [-0.25, -0.2) is 9.97 Å². The van der Waals surface area contributed by atoms with E-state index in [1.165, 1.54) is 0 Å². The zero-order valence-corrected chi connectivity index (χ0v) is 11.6. The summed E-state index contributed by atoms with van der Waals surface area (Å²) in [6, 6.07) is 2.34. The van der Waals surface area contributed by atoms with Gasteiger partial charge in [0.2, 0.25) is 5.88 Å². The Labute approximate surface area is 109 Å². The van der Waals surface area contributed by atoms with E-state index in [9.17, 15) is 0 Å². The highest BCUT2D eigenvalue weighted by Gasteiger charge is 2.16. The number of aromatic nitrogens is 2. The summed E-state index contributed by atoms with van der Waals surface area (Å²) < 4.78 is 5.41. The second-order valence-corrected chi connectivity index (χ2v) is 4.10. The molecule has 18 heavy (non-hydrogen) atoms. The van der Waals surface area contributed by atoms with Crippen LogP contribution in [-0.2, 0) is 0 Å². The standard InChI is InChI=1S/C13H24N4O/c1-4-11(5-2)17(8-7-14)12-9-13(18-6-3)16-10-15-12/h9-11H,4-8,14H2,1-3H3. The van der Waals surface area contributed by atoms with E-state index in [0.717, 1.165) is 25.2 Å². The van der Waals surface area contributed by atoms with Gasteiger partial charge in [0.25, 0.3) is 0 Å². The van der Waals surface area contributed by atoms with Crippen LogP contribution in [-0.4, -0.2) is 35.7 Å². The van der Waals surface area contributed by atoms with E-state index in [1.807, 2.05) is 13.0 Å². The summed E-state index contributed by atoms with van der Waals surface area (Å²) in [5.41, 5.74) is 5.69. The lowest BCUT2D eigenvalue weighted by Gasteiger charge is -2.31. The Kier molecular flexibility index (Phi) is 6.43. The molecule has 1 aromatic heterocycles. The average molecular weight is 252 g/mol. The van der Waals surface area contributed by atoms with Gasteiger partial charge in [-0.3, -0.25) is 0 Å². The summed E-state index contributed by atoms with van der Waals surface area (Å²) in [6.45, 7) is 8.34. The minimum Gasteiger partial charge on any atom is -0.478 e. The van der Waals surface area contributed by atoms with Crippen molar-refractivity contribution in [2.45, 2.75) is 39.7 Å². The van der Waals surface area contributed by atoms with Crippen LogP contribution in [0.2, 0.25) is 0 Å². The number of nitrogens with two attached hydrogens (primary N) is 1. The van der Waals surface area contributed by atoms with Crippen LogP contribution in [0, 0.1) is 0 Å². The molecule has 0 fully saturated rings. The van der Waals surface area contributed by atoms with Crippen molar-refractivity contribution in [2.75, 3.05) is 24.6 Å². The maximum atomic E-state index is 5.69. The second-order valence-electron chi connectivity index (χ2n) is 4.10. The molecular formula is C13H24N4O. The first kappa shape index (κ1) is 14.7.